The van der Waals surface area contributed by atoms with Gasteiger partial charge in [0.25, 0.3) is 5.91 Å². The van der Waals surface area contributed by atoms with Crippen LogP contribution in [0.5, 0.6) is 0 Å². The molecule has 1 aromatic rings. The number of rotatable bonds is 6. The smallest absolute Gasteiger partial charge is 0.315 e. The van der Waals surface area contributed by atoms with Crippen molar-refractivity contribution in [3.63, 3.8) is 0 Å². The first kappa shape index (κ1) is 16.7. The lowest BCUT2D eigenvalue weighted by Gasteiger charge is -2.13. The van der Waals surface area contributed by atoms with Gasteiger partial charge in [-0.15, -0.1) is 0 Å². The summed E-state index contributed by atoms with van der Waals surface area (Å²) in [6.07, 6.45) is -0.381. The fraction of sp³-hybridized carbons (Fsp3) is 0.400. The van der Waals surface area contributed by atoms with Crippen molar-refractivity contribution in [1.29, 1.82) is 0 Å². The molecule has 0 saturated heterocycles. The van der Waals surface area contributed by atoms with Gasteiger partial charge in [0, 0.05) is 6.04 Å². The van der Waals surface area contributed by atoms with E-state index in [1.807, 2.05) is 13.8 Å². The predicted octanol–water partition coefficient (Wildman–Crippen LogP) is 1.72. The number of hydrogen-bond acceptors (Lipinski definition) is 4. The highest BCUT2D eigenvalue weighted by Gasteiger charge is 2.15. The van der Waals surface area contributed by atoms with Gasteiger partial charge in [0.15, 0.2) is 0 Å². The fourth-order valence-electron chi connectivity index (χ4n) is 1.67. The monoisotopic (exact) mass is 292 g/mol. The third-order valence-electron chi connectivity index (χ3n) is 2.48. The number of nitrogens with one attached hydrogen (secondary N) is 2. The van der Waals surface area contributed by atoms with E-state index in [0.717, 1.165) is 0 Å². The minimum absolute atomic E-state index is 0.0132. The lowest BCUT2D eigenvalue weighted by atomic mass is 10.1. The number of benzene rings is 1. The molecule has 0 fully saturated rings. The highest BCUT2D eigenvalue weighted by molar-refractivity contribution is 6.07. The van der Waals surface area contributed by atoms with E-state index in [1.54, 1.807) is 31.2 Å². The zero-order chi connectivity index (χ0) is 15.8. The van der Waals surface area contributed by atoms with Crippen LogP contribution in [0.2, 0.25) is 0 Å². The van der Waals surface area contributed by atoms with Crippen LogP contribution < -0.4 is 10.6 Å². The van der Waals surface area contributed by atoms with Crippen molar-refractivity contribution < 1.29 is 19.1 Å². The van der Waals surface area contributed by atoms with Crippen LogP contribution in [0.1, 0.15) is 37.6 Å². The van der Waals surface area contributed by atoms with E-state index in [1.165, 1.54) is 0 Å². The lowest BCUT2D eigenvalue weighted by molar-refractivity contribution is -0.145. The summed E-state index contributed by atoms with van der Waals surface area (Å²) in [7, 11) is 0. The summed E-state index contributed by atoms with van der Waals surface area (Å²) in [5.74, 6) is -1.39. The Balaban J connectivity index is 2.77. The second-order valence-corrected chi connectivity index (χ2v) is 4.70. The minimum atomic E-state index is -0.598. The highest BCUT2D eigenvalue weighted by atomic mass is 16.5. The molecule has 0 heterocycles. The molecule has 6 nitrogen and oxygen atoms in total. The summed E-state index contributed by atoms with van der Waals surface area (Å²) in [6, 6.07) is 6.61. The van der Waals surface area contributed by atoms with Crippen LogP contribution >= 0.6 is 0 Å². The Bertz CT molecular complexity index is 526. The van der Waals surface area contributed by atoms with E-state index < -0.39 is 11.9 Å². The van der Waals surface area contributed by atoms with Crippen LogP contribution in [0.3, 0.4) is 0 Å². The molecule has 0 aromatic heterocycles. The largest absolute Gasteiger partial charge is 0.466 e. The standard InChI is InChI=1S/C15H20N2O4/c1-4-21-14(19)9-13(18)17-12-8-6-5-7-11(12)15(20)16-10(2)3/h5-8,10H,4,9H2,1-3H3,(H,16,20)(H,17,18). The molecule has 0 aliphatic carbocycles. The van der Waals surface area contributed by atoms with Crippen molar-refractivity contribution in [2.45, 2.75) is 33.2 Å². The molecule has 0 atom stereocenters. The second kappa shape index (κ2) is 8.04. The average molecular weight is 292 g/mol. The number of ether oxygens (including phenoxy) is 1. The predicted molar refractivity (Wildman–Crippen MR) is 78.9 cm³/mol. The Kier molecular flexibility index (Phi) is 6.39. The van der Waals surface area contributed by atoms with Gasteiger partial charge in [0.05, 0.1) is 17.9 Å². The molecule has 0 saturated carbocycles. The number of para-hydroxylation sites is 1. The maximum atomic E-state index is 12.0. The molecular weight excluding hydrogens is 272 g/mol. The zero-order valence-electron chi connectivity index (χ0n) is 12.4. The Morgan fingerprint density at radius 1 is 1.19 bits per heavy atom. The van der Waals surface area contributed by atoms with Gasteiger partial charge in [-0.3, -0.25) is 14.4 Å². The number of carbonyl (C=O) groups is 3. The Morgan fingerprint density at radius 2 is 1.86 bits per heavy atom. The highest BCUT2D eigenvalue weighted by Crippen LogP contribution is 2.15. The molecule has 1 rings (SSSR count). The molecule has 114 valence electrons. The molecule has 0 unspecified atom stereocenters. The normalized spacial score (nSPS) is 10.1. The third-order valence-corrected chi connectivity index (χ3v) is 2.48. The van der Waals surface area contributed by atoms with Crippen LogP contribution in [-0.4, -0.2) is 30.4 Å². The molecule has 0 spiro atoms. The molecule has 21 heavy (non-hydrogen) atoms. The van der Waals surface area contributed by atoms with Gasteiger partial charge in [-0.1, -0.05) is 12.1 Å². The zero-order valence-corrected chi connectivity index (χ0v) is 12.4. The number of amides is 2. The summed E-state index contributed by atoms with van der Waals surface area (Å²) in [6.45, 7) is 5.58. The van der Waals surface area contributed by atoms with Crippen molar-refractivity contribution in [3.8, 4) is 0 Å². The van der Waals surface area contributed by atoms with Crippen LogP contribution in [-0.2, 0) is 14.3 Å². The Hall–Kier alpha value is -2.37. The van der Waals surface area contributed by atoms with Crippen molar-refractivity contribution in [1.82, 2.24) is 5.32 Å². The first-order valence-corrected chi connectivity index (χ1v) is 6.79. The number of anilines is 1. The van der Waals surface area contributed by atoms with Gasteiger partial charge in [-0.2, -0.15) is 0 Å². The molecule has 6 heteroatoms. The molecule has 1 aromatic carbocycles. The van der Waals surface area contributed by atoms with E-state index in [4.69, 9.17) is 4.74 Å². The van der Waals surface area contributed by atoms with Crippen molar-refractivity contribution >= 4 is 23.5 Å². The van der Waals surface area contributed by atoms with Crippen molar-refractivity contribution in [2.24, 2.45) is 0 Å². The number of esters is 1. The third kappa shape index (κ3) is 5.64. The maximum absolute atomic E-state index is 12.0. The molecular formula is C15H20N2O4. The fourth-order valence-corrected chi connectivity index (χ4v) is 1.67. The van der Waals surface area contributed by atoms with Gasteiger partial charge < -0.3 is 15.4 Å². The topological polar surface area (TPSA) is 84.5 Å². The molecule has 0 aliphatic heterocycles. The number of carbonyl (C=O) groups excluding carboxylic acids is 3. The minimum Gasteiger partial charge on any atom is -0.466 e. The Labute approximate surface area is 123 Å². The SMILES string of the molecule is CCOC(=O)CC(=O)Nc1ccccc1C(=O)NC(C)C. The summed E-state index contributed by atoms with van der Waals surface area (Å²) >= 11 is 0. The second-order valence-electron chi connectivity index (χ2n) is 4.70. The first-order valence-electron chi connectivity index (χ1n) is 6.79. The van der Waals surface area contributed by atoms with Crippen molar-refractivity contribution in [3.05, 3.63) is 29.8 Å². The van der Waals surface area contributed by atoms with E-state index >= 15 is 0 Å². The summed E-state index contributed by atoms with van der Waals surface area (Å²) in [5, 5.41) is 5.31. The van der Waals surface area contributed by atoms with E-state index in [2.05, 4.69) is 10.6 Å². The molecule has 0 aliphatic rings. The first-order chi connectivity index (χ1) is 9.93. The van der Waals surface area contributed by atoms with Gasteiger partial charge >= 0.3 is 5.97 Å². The molecule has 0 bridgehead atoms. The van der Waals surface area contributed by atoms with Gasteiger partial charge in [0.2, 0.25) is 5.91 Å². The molecule has 2 N–H and O–H groups in total. The summed E-state index contributed by atoms with van der Waals surface area (Å²) in [5.41, 5.74) is 0.716. The Morgan fingerprint density at radius 3 is 2.48 bits per heavy atom. The lowest BCUT2D eigenvalue weighted by Crippen LogP contribution is -2.31. The van der Waals surface area contributed by atoms with Gasteiger partial charge in [-0.25, -0.2) is 0 Å². The summed E-state index contributed by atoms with van der Waals surface area (Å²) in [4.78, 5) is 35.0. The maximum Gasteiger partial charge on any atom is 0.315 e. The molecule has 2 amide bonds. The van der Waals surface area contributed by atoms with Crippen LogP contribution in [0.15, 0.2) is 24.3 Å². The van der Waals surface area contributed by atoms with Crippen molar-refractivity contribution in [2.75, 3.05) is 11.9 Å². The van der Waals surface area contributed by atoms with Crippen LogP contribution in [0, 0.1) is 0 Å². The van der Waals surface area contributed by atoms with E-state index in [-0.39, 0.29) is 25.0 Å². The van der Waals surface area contributed by atoms with Crippen LogP contribution in [0.25, 0.3) is 0 Å². The summed E-state index contributed by atoms with van der Waals surface area (Å²) < 4.78 is 4.70. The van der Waals surface area contributed by atoms with E-state index in [9.17, 15) is 14.4 Å². The number of hydrogen-bond donors (Lipinski definition) is 2. The average Bonchev–Trinajstić information content (AvgIpc) is 2.38. The molecule has 0 radical (unpaired) electrons. The van der Waals surface area contributed by atoms with Crippen LogP contribution in [0.4, 0.5) is 5.69 Å². The van der Waals surface area contributed by atoms with E-state index in [0.29, 0.717) is 11.3 Å². The van der Waals surface area contributed by atoms with Gasteiger partial charge in [-0.05, 0) is 32.9 Å². The van der Waals surface area contributed by atoms with Gasteiger partial charge in [0.1, 0.15) is 6.42 Å². The quantitative estimate of drug-likeness (QED) is 0.617.